The van der Waals surface area contributed by atoms with E-state index in [4.69, 9.17) is 0 Å². The number of carbonyl (C=O) groups excluding carboxylic acids is 3. The molecule has 0 bridgehead atoms. The van der Waals surface area contributed by atoms with Gasteiger partial charge in [-0.1, -0.05) is 30.3 Å². The first kappa shape index (κ1) is 18.6. The predicted molar refractivity (Wildman–Crippen MR) is 101 cm³/mol. The Kier molecular flexibility index (Phi) is 5.51. The van der Waals surface area contributed by atoms with Crippen LogP contribution < -0.4 is 10.9 Å². The molecular formula is C18H16N4O4S. The maximum atomic E-state index is 12.4. The number of thioether (sulfide) groups is 1. The predicted octanol–water partition coefficient (Wildman–Crippen LogP) is 1.25. The number of aryl methyl sites for hydroxylation is 1. The number of hydrogen-bond acceptors (Lipinski definition) is 6. The number of rotatable bonds is 5. The van der Waals surface area contributed by atoms with E-state index in [1.807, 2.05) is 30.3 Å². The Morgan fingerprint density at radius 3 is 2.59 bits per heavy atom. The summed E-state index contributed by atoms with van der Waals surface area (Å²) < 4.78 is 1.06. The van der Waals surface area contributed by atoms with E-state index in [-0.39, 0.29) is 35.5 Å². The van der Waals surface area contributed by atoms with Crippen LogP contribution in [-0.4, -0.2) is 44.8 Å². The van der Waals surface area contributed by atoms with E-state index >= 15 is 0 Å². The fraction of sp³-hybridized carbons (Fsp3) is 0.167. The van der Waals surface area contributed by atoms with Gasteiger partial charge in [0.05, 0.1) is 4.91 Å². The summed E-state index contributed by atoms with van der Waals surface area (Å²) in [4.78, 5) is 49.3. The molecule has 1 aliphatic heterocycles. The van der Waals surface area contributed by atoms with E-state index < -0.39 is 5.91 Å². The van der Waals surface area contributed by atoms with Crippen LogP contribution in [0.5, 0.6) is 0 Å². The lowest BCUT2D eigenvalue weighted by Gasteiger charge is -2.12. The standard InChI is InChI=1S/C18H16N4O4S/c1-21-15(23)8-7-13(20-21)16(24)19-9-10-22-17(25)14(27-18(22)26)11-12-5-3-2-4-6-12/h2-8,11H,9-10H2,1H3,(H,19,24)/b14-11-. The van der Waals surface area contributed by atoms with E-state index in [1.165, 1.54) is 19.2 Å². The minimum atomic E-state index is -0.489. The van der Waals surface area contributed by atoms with Gasteiger partial charge in [0.2, 0.25) is 0 Å². The molecule has 1 aromatic carbocycles. The molecule has 9 heteroatoms. The molecule has 1 N–H and O–H groups in total. The molecule has 27 heavy (non-hydrogen) atoms. The molecule has 0 unspecified atom stereocenters. The molecule has 3 amide bonds. The zero-order chi connectivity index (χ0) is 19.4. The van der Waals surface area contributed by atoms with Crippen molar-refractivity contribution in [2.75, 3.05) is 13.1 Å². The van der Waals surface area contributed by atoms with Gasteiger partial charge in [0.1, 0.15) is 5.69 Å². The van der Waals surface area contributed by atoms with Crippen LogP contribution in [0.25, 0.3) is 6.08 Å². The second-order valence-corrected chi connectivity index (χ2v) is 6.67. The third kappa shape index (κ3) is 4.32. The van der Waals surface area contributed by atoms with Crippen molar-refractivity contribution in [3.8, 4) is 0 Å². The third-order valence-electron chi connectivity index (χ3n) is 3.78. The monoisotopic (exact) mass is 384 g/mol. The topological polar surface area (TPSA) is 101 Å². The number of nitrogens with zero attached hydrogens (tertiary/aromatic N) is 3. The smallest absolute Gasteiger partial charge is 0.293 e. The summed E-state index contributed by atoms with van der Waals surface area (Å²) in [6, 6.07) is 11.8. The minimum absolute atomic E-state index is 0.0499. The SMILES string of the molecule is Cn1nc(C(=O)NCCN2C(=O)S/C(=C\c3ccccc3)C2=O)ccc1=O. The minimum Gasteiger partial charge on any atom is -0.349 e. The first-order valence-electron chi connectivity index (χ1n) is 8.08. The molecule has 138 valence electrons. The first-order valence-corrected chi connectivity index (χ1v) is 8.90. The maximum absolute atomic E-state index is 12.4. The summed E-state index contributed by atoms with van der Waals surface area (Å²) in [5, 5.41) is 6.05. The molecule has 3 rings (SSSR count). The van der Waals surface area contributed by atoms with Crippen molar-refractivity contribution in [1.29, 1.82) is 0 Å². The summed E-state index contributed by atoms with van der Waals surface area (Å²) in [6.07, 6.45) is 1.66. The van der Waals surface area contributed by atoms with Crippen LogP contribution in [0.1, 0.15) is 16.1 Å². The highest BCUT2D eigenvalue weighted by atomic mass is 32.2. The second-order valence-electron chi connectivity index (χ2n) is 5.68. The van der Waals surface area contributed by atoms with Gasteiger partial charge in [0.15, 0.2) is 0 Å². The Morgan fingerprint density at radius 1 is 1.15 bits per heavy atom. The van der Waals surface area contributed by atoms with E-state index in [2.05, 4.69) is 10.4 Å². The van der Waals surface area contributed by atoms with Crippen LogP contribution in [0.2, 0.25) is 0 Å². The molecule has 0 aliphatic carbocycles. The fourth-order valence-electron chi connectivity index (χ4n) is 2.39. The van der Waals surface area contributed by atoms with Gasteiger partial charge in [-0.15, -0.1) is 0 Å². The van der Waals surface area contributed by atoms with Gasteiger partial charge in [-0.25, -0.2) is 4.68 Å². The molecule has 1 aliphatic rings. The fourth-order valence-corrected chi connectivity index (χ4v) is 3.25. The number of amides is 3. The molecule has 0 radical (unpaired) electrons. The summed E-state index contributed by atoms with van der Waals surface area (Å²) in [6.45, 7) is 0.133. The lowest BCUT2D eigenvalue weighted by molar-refractivity contribution is -0.122. The van der Waals surface area contributed by atoms with Crippen LogP contribution >= 0.6 is 11.8 Å². The molecule has 1 saturated heterocycles. The van der Waals surface area contributed by atoms with E-state index in [9.17, 15) is 19.2 Å². The zero-order valence-corrected chi connectivity index (χ0v) is 15.2. The van der Waals surface area contributed by atoms with Crippen molar-refractivity contribution in [1.82, 2.24) is 20.0 Å². The van der Waals surface area contributed by atoms with Crippen LogP contribution in [0.3, 0.4) is 0 Å². The van der Waals surface area contributed by atoms with Gasteiger partial charge in [-0.3, -0.25) is 24.1 Å². The van der Waals surface area contributed by atoms with Crippen LogP contribution in [0.4, 0.5) is 4.79 Å². The normalized spacial score (nSPS) is 15.4. The van der Waals surface area contributed by atoms with Gasteiger partial charge in [-0.2, -0.15) is 5.10 Å². The number of benzene rings is 1. The zero-order valence-electron chi connectivity index (χ0n) is 14.4. The van der Waals surface area contributed by atoms with Gasteiger partial charge in [-0.05, 0) is 29.5 Å². The summed E-state index contributed by atoms with van der Waals surface area (Å²) in [5.74, 6) is -0.874. The molecule has 1 aromatic heterocycles. The number of imide groups is 1. The summed E-state index contributed by atoms with van der Waals surface area (Å²) in [7, 11) is 1.44. The molecule has 0 atom stereocenters. The Bertz CT molecular complexity index is 984. The van der Waals surface area contributed by atoms with Crippen molar-refractivity contribution < 1.29 is 14.4 Å². The first-order chi connectivity index (χ1) is 13.0. The highest BCUT2D eigenvalue weighted by Gasteiger charge is 2.34. The summed E-state index contributed by atoms with van der Waals surface area (Å²) in [5.41, 5.74) is 0.585. The van der Waals surface area contributed by atoms with E-state index in [0.717, 1.165) is 26.9 Å². The van der Waals surface area contributed by atoms with Crippen LogP contribution in [0, 0.1) is 0 Å². The van der Waals surface area contributed by atoms with Crippen LogP contribution in [0.15, 0.2) is 52.2 Å². The molecule has 1 fully saturated rings. The highest BCUT2D eigenvalue weighted by Crippen LogP contribution is 2.31. The Balaban J connectivity index is 1.59. The van der Waals surface area contributed by atoms with E-state index in [0.29, 0.717) is 4.91 Å². The van der Waals surface area contributed by atoms with Crippen molar-refractivity contribution in [3.05, 3.63) is 69.0 Å². The van der Waals surface area contributed by atoms with Crippen molar-refractivity contribution in [2.45, 2.75) is 0 Å². The maximum Gasteiger partial charge on any atom is 0.293 e. The molecule has 2 aromatic rings. The van der Waals surface area contributed by atoms with Gasteiger partial charge >= 0.3 is 0 Å². The third-order valence-corrected chi connectivity index (χ3v) is 4.69. The molecule has 8 nitrogen and oxygen atoms in total. The Hall–Kier alpha value is -3.20. The largest absolute Gasteiger partial charge is 0.349 e. The van der Waals surface area contributed by atoms with Gasteiger partial charge in [0.25, 0.3) is 22.6 Å². The van der Waals surface area contributed by atoms with Gasteiger partial charge < -0.3 is 5.32 Å². The van der Waals surface area contributed by atoms with Gasteiger partial charge in [0, 0.05) is 26.2 Å². The van der Waals surface area contributed by atoms with Crippen molar-refractivity contribution in [3.63, 3.8) is 0 Å². The number of nitrogens with one attached hydrogen (secondary N) is 1. The Labute approximate surface area is 158 Å². The van der Waals surface area contributed by atoms with Crippen LogP contribution in [-0.2, 0) is 11.8 Å². The Morgan fingerprint density at radius 2 is 1.89 bits per heavy atom. The van der Waals surface area contributed by atoms with Crippen molar-refractivity contribution in [2.24, 2.45) is 7.05 Å². The van der Waals surface area contributed by atoms with E-state index in [1.54, 1.807) is 6.08 Å². The molecule has 2 heterocycles. The summed E-state index contributed by atoms with van der Waals surface area (Å²) >= 11 is 0.871. The lowest BCUT2D eigenvalue weighted by Crippen LogP contribution is -2.38. The molecular weight excluding hydrogens is 368 g/mol. The average Bonchev–Trinajstić information content (AvgIpc) is 2.92. The average molecular weight is 384 g/mol. The number of carbonyl (C=O) groups is 3. The van der Waals surface area contributed by atoms with Crippen molar-refractivity contribution >= 4 is 34.9 Å². The second kappa shape index (κ2) is 8.00. The highest BCUT2D eigenvalue weighted by molar-refractivity contribution is 8.18. The molecule has 0 spiro atoms. The number of hydrogen-bond donors (Lipinski definition) is 1. The quantitative estimate of drug-likeness (QED) is 0.779. The lowest BCUT2D eigenvalue weighted by atomic mass is 10.2. The molecule has 0 saturated carbocycles. The number of aromatic nitrogens is 2.